The Hall–Kier alpha value is -4.59. The van der Waals surface area contributed by atoms with Crippen LogP contribution in [0.5, 0.6) is 11.5 Å². The topological polar surface area (TPSA) is 90.3 Å². The third-order valence-corrected chi connectivity index (χ3v) is 6.09. The summed E-state index contributed by atoms with van der Waals surface area (Å²) < 4.78 is 13.4. The smallest absolute Gasteiger partial charge is 0.255 e. The van der Waals surface area contributed by atoms with Crippen LogP contribution in [0.25, 0.3) is 0 Å². The van der Waals surface area contributed by atoms with E-state index in [9.17, 15) is 4.79 Å². The lowest BCUT2D eigenvalue weighted by Crippen LogP contribution is -2.31. The summed E-state index contributed by atoms with van der Waals surface area (Å²) in [6, 6.07) is 22.8. The average Bonchev–Trinajstić information content (AvgIpc) is 3.36. The van der Waals surface area contributed by atoms with Crippen LogP contribution in [0.3, 0.4) is 0 Å². The van der Waals surface area contributed by atoms with E-state index < -0.39 is 6.04 Å². The molecule has 8 nitrogen and oxygen atoms in total. The van der Waals surface area contributed by atoms with E-state index in [0.29, 0.717) is 35.3 Å². The van der Waals surface area contributed by atoms with Crippen molar-refractivity contribution in [3.8, 4) is 11.5 Å². The van der Waals surface area contributed by atoms with Gasteiger partial charge >= 0.3 is 0 Å². The van der Waals surface area contributed by atoms with Crippen molar-refractivity contribution in [2.45, 2.75) is 26.5 Å². The molecule has 5 rings (SSSR count). The monoisotopic (exact) mass is 481 g/mol. The summed E-state index contributed by atoms with van der Waals surface area (Å²) in [4.78, 5) is 17.8. The molecule has 1 aliphatic rings. The first kappa shape index (κ1) is 23.2. The van der Waals surface area contributed by atoms with Crippen LogP contribution in [0.15, 0.2) is 90.4 Å². The predicted octanol–water partition coefficient (Wildman–Crippen LogP) is 5.10. The van der Waals surface area contributed by atoms with E-state index in [1.165, 1.54) is 6.33 Å². The van der Waals surface area contributed by atoms with Crippen molar-refractivity contribution in [2.75, 3.05) is 17.7 Å². The second-order valence-corrected chi connectivity index (χ2v) is 8.60. The zero-order valence-corrected chi connectivity index (χ0v) is 20.4. The van der Waals surface area contributed by atoms with Crippen LogP contribution in [-0.4, -0.2) is 27.8 Å². The molecule has 1 aliphatic heterocycles. The molecule has 2 heterocycles. The number of amides is 1. The van der Waals surface area contributed by atoms with E-state index in [1.807, 2.05) is 86.6 Å². The Bertz CT molecular complexity index is 1410. The van der Waals surface area contributed by atoms with Gasteiger partial charge in [0, 0.05) is 11.4 Å². The number of nitrogens with zero attached hydrogens (tertiary/aromatic N) is 3. The van der Waals surface area contributed by atoms with Crippen LogP contribution in [0, 0.1) is 6.92 Å². The average molecular weight is 482 g/mol. The van der Waals surface area contributed by atoms with Gasteiger partial charge in [-0.05, 0) is 49.2 Å². The Kier molecular flexibility index (Phi) is 6.40. The first-order valence-electron chi connectivity index (χ1n) is 11.6. The third kappa shape index (κ3) is 4.65. The van der Waals surface area contributed by atoms with Gasteiger partial charge in [0.25, 0.3) is 5.91 Å². The number of anilines is 2. The highest BCUT2D eigenvalue weighted by Gasteiger charge is 2.34. The van der Waals surface area contributed by atoms with E-state index in [2.05, 4.69) is 20.7 Å². The number of benzene rings is 3. The number of allylic oxidation sites excluding steroid dienone is 1. The number of hydrogen-bond donors (Lipinski definition) is 2. The summed E-state index contributed by atoms with van der Waals surface area (Å²) in [5.41, 5.74) is 4.95. The number of nitrogens with one attached hydrogen (secondary N) is 2. The van der Waals surface area contributed by atoms with Crippen LogP contribution in [-0.2, 0) is 11.4 Å². The highest BCUT2D eigenvalue weighted by molar-refractivity contribution is 6.06. The molecule has 4 aromatic rings. The molecule has 1 aromatic heterocycles. The molecular weight excluding hydrogens is 454 g/mol. The first-order chi connectivity index (χ1) is 17.5. The number of methoxy groups -OCH3 is 1. The number of carbonyl (C=O) groups excluding carboxylic acids is 1. The van der Waals surface area contributed by atoms with Crippen molar-refractivity contribution < 1.29 is 14.3 Å². The SMILES string of the molecule is COc1cc([C@@H]2C(C(=O)Nc3ccc(C)cc3)=C(C)Nc3ncnn32)ccc1OCc1ccccc1. The van der Waals surface area contributed by atoms with E-state index in [4.69, 9.17) is 9.47 Å². The second-order valence-electron chi connectivity index (χ2n) is 8.60. The molecule has 1 amide bonds. The van der Waals surface area contributed by atoms with Crippen molar-refractivity contribution in [3.63, 3.8) is 0 Å². The third-order valence-electron chi connectivity index (χ3n) is 6.09. The van der Waals surface area contributed by atoms with Crippen molar-refractivity contribution in [2.24, 2.45) is 0 Å². The van der Waals surface area contributed by atoms with E-state index >= 15 is 0 Å². The summed E-state index contributed by atoms with van der Waals surface area (Å²) in [6.07, 6.45) is 1.47. The summed E-state index contributed by atoms with van der Waals surface area (Å²) in [7, 11) is 1.60. The summed E-state index contributed by atoms with van der Waals surface area (Å²) in [6.45, 7) is 4.29. The number of aromatic nitrogens is 3. The molecule has 1 atom stereocenters. The number of fused-ring (bicyclic) bond motifs is 1. The molecule has 0 saturated carbocycles. The molecule has 182 valence electrons. The Morgan fingerprint density at radius 2 is 1.81 bits per heavy atom. The minimum absolute atomic E-state index is 0.224. The maximum Gasteiger partial charge on any atom is 0.255 e. The number of aryl methyl sites for hydroxylation is 1. The fourth-order valence-electron chi connectivity index (χ4n) is 4.24. The largest absolute Gasteiger partial charge is 0.493 e. The fraction of sp³-hybridized carbons (Fsp3) is 0.179. The molecule has 0 saturated heterocycles. The molecule has 0 bridgehead atoms. The van der Waals surface area contributed by atoms with Crippen LogP contribution in [0.4, 0.5) is 11.6 Å². The van der Waals surface area contributed by atoms with E-state index in [1.54, 1.807) is 11.8 Å². The first-order valence-corrected chi connectivity index (χ1v) is 11.6. The molecule has 36 heavy (non-hydrogen) atoms. The minimum atomic E-state index is -0.508. The number of rotatable bonds is 7. The molecule has 0 unspecified atom stereocenters. The quantitative estimate of drug-likeness (QED) is 0.382. The van der Waals surface area contributed by atoms with Gasteiger partial charge in [-0.2, -0.15) is 10.1 Å². The standard InChI is InChI=1S/C28H27N5O3/c1-18-9-12-22(13-10-18)32-27(34)25-19(2)31-28-29-17-30-33(28)26(25)21-11-14-23(24(15-21)35-3)36-16-20-7-5-4-6-8-20/h4-15,17,26H,16H2,1-3H3,(H,32,34)(H,29,30,31)/t26-/m1/s1. The Morgan fingerprint density at radius 3 is 2.56 bits per heavy atom. The lowest BCUT2D eigenvalue weighted by Gasteiger charge is -2.29. The minimum Gasteiger partial charge on any atom is -0.493 e. The van der Waals surface area contributed by atoms with E-state index in [-0.39, 0.29) is 5.91 Å². The summed E-state index contributed by atoms with van der Waals surface area (Å²) in [5.74, 6) is 1.52. The molecule has 0 radical (unpaired) electrons. The molecule has 3 aromatic carbocycles. The van der Waals surface area contributed by atoms with E-state index in [0.717, 1.165) is 22.4 Å². The Balaban J connectivity index is 1.48. The predicted molar refractivity (Wildman–Crippen MR) is 138 cm³/mol. The number of carbonyl (C=O) groups is 1. The molecule has 2 N–H and O–H groups in total. The Labute approximate surface area is 209 Å². The lowest BCUT2D eigenvalue weighted by atomic mass is 9.94. The van der Waals surface area contributed by atoms with Gasteiger partial charge in [-0.1, -0.05) is 54.1 Å². The van der Waals surface area contributed by atoms with Gasteiger partial charge in [0.2, 0.25) is 5.95 Å². The fourth-order valence-corrected chi connectivity index (χ4v) is 4.24. The van der Waals surface area contributed by atoms with Gasteiger partial charge in [0.05, 0.1) is 12.7 Å². The van der Waals surface area contributed by atoms with Crippen LogP contribution in [0.2, 0.25) is 0 Å². The van der Waals surface area contributed by atoms with Crippen LogP contribution >= 0.6 is 0 Å². The van der Waals surface area contributed by atoms with Gasteiger partial charge < -0.3 is 20.1 Å². The van der Waals surface area contributed by atoms with Crippen molar-refractivity contribution in [3.05, 3.63) is 107 Å². The van der Waals surface area contributed by atoms with Gasteiger partial charge in [0.15, 0.2) is 11.5 Å². The zero-order valence-electron chi connectivity index (χ0n) is 20.4. The highest BCUT2D eigenvalue weighted by atomic mass is 16.5. The molecule has 0 aliphatic carbocycles. The Morgan fingerprint density at radius 1 is 1.03 bits per heavy atom. The maximum absolute atomic E-state index is 13.5. The lowest BCUT2D eigenvalue weighted by molar-refractivity contribution is -0.113. The van der Waals surface area contributed by atoms with Gasteiger partial charge in [-0.25, -0.2) is 4.68 Å². The van der Waals surface area contributed by atoms with Crippen molar-refractivity contribution in [1.29, 1.82) is 0 Å². The molecular formula is C28H27N5O3. The van der Waals surface area contributed by atoms with Gasteiger partial charge in [-0.15, -0.1) is 0 Å². The van der Waals surface area contributed by atoms with Crippen molar-refractivity contribution in [1.82, 2.24) is 14.8 Å². The van der Waals surface area contributed by atoms with Gasteiger partial charge in [0.1, 0.15) is 19.0 Å². The molecule has 8 heteroatoms. The molecule has 0 fully saturated rings. The number of hydrogen-bond acceptors (Lipinski definition) is 6. The molecule has 0 spiro atoms. The number of ether oxygens (including phenoxy) is 2. The summed E-state index contributed by atoms with van der Waals surface area (Å²) in [5, 5.41) is 10.6. The normalized spacial score (nSPS) is 14.6. The maximum atomic E-state index is 13.5. The van der Waals surface area contributed by atoms with Crippen LogP contribution < -0.4 is 20.1 Å². The van der Waals surface area contributed by atoms with Crippen LogP contribution in [0.1, 0.15) is 29.7 Å². The second kappa shape index (κ2) is 9.95. The summed E-state index contributed by atoms with van der Waals surface area (Å²) >= 11 is 0. The van der Waals surface area contributed by atoms with Gasteiger partial charge in [-0.3, -0.25) is 4.79 Å². The zero-order chi connectivity index (χ0) is 25.1. The van der Waals surface area contributed by atoms with Crippen molar-refractivity contribution >= 4 is 17.5 Å². The highest BCUT2D eigenvalue weighted by Crippen LogP contribution is 2.39.